The highest BCUT2D eigenvalue weighted by molar-refractivity contribution is 5.91. The van der Waals surface area contributed by atoms with E-state index in [1.165, 1.54) is 0 Å². The van der Waals surface area contributed by atoms with Crippen LogP contribution in [-0.2, 0) is 11.4 Å². The topological polar surface area (TPSA) is 61.4 Å². The van der Waals surface area contributed by atoms with Gasteiger partial charge in [0.2, 0.25) is 5.91 Å². The second kappa shape index (κ2) is 5.80. The number of aliphatic hydroxyl groups is 1. The van der Waals surface area contributed by atoms with Crippen LogP contribution in [0.3, 0.4) is 0 Å². The average Bonchev–Trinajstić information content (AvgIpc) is 2.82. The van der Waals surface area contributed by atoms with Crippen LogP contribution < -0.4 is 10.6 Å². The quantitative estimate of drug-likeness (QED) is 0.735. The standard InChI is InChI=1S/C13H18N2O2/c16-9-10-3-5-11(6-4-10)15-13(17)8-12-2-1-7-14-12/h3-6,12,14,16H,1-2,7-9H2,(H,15,17). The fraction of sp³-hybridized carbons (Fsp3) is 0.462. The maximum Gasteiger partial charge on any atom is 0.225 e. The third-order valence-corrected chi connectivity index (χ3v) is 3.01. The van der Waals surface area contributed by atoms with E-state index in [4.69, 9.17) is 5.11 Å². The Morgan fingerprint density at radius 2 is 2.18 bits per heavy atom. The first-order valence-electron chi connectivity index (χ1n) is 6.01. The lowest BCUT2D eigenvalue weighted by atomic mass is 10.1. The molecule has 92 valence electrons. The predicted molar refractivity (Wildman–Crippen MR) is 66.6 cm³/mol. The zero-order valence-corrected chi connectivity index (χ0v) is 9.78. The van der Waals surface area contributed by atoms with Crippen molar-refractivity contribution >= 4 is 11.6 Å². The van der Waals surface area contributed by atoms with Crippen molar-refractivity contribution in [2.24, 2.45) is 0 Å². The van der Waals surface area contributed by atoms with E-state index in [2.05, 4.69) is 10.6 Å². The van der Waals surface area contributed by atoms with Crippen LogP contribution in [0.2, 0.25) is 0 Å². The highest BCUT2D eigenvalue weighted by Gasteiger charge is 2.17. The van der Waals surface area contributed by atoms with Gasteiger partial charge in [-0.05, 0) is 37.1 Å². The number of rotatable bonds is 4. The smallest absolute Gasteiger partial charge is 0.225 e. The zero-order valence-electron chi connectivity index (χ0n) is 9.78. The van der Waals surface area contributed by atoms with E-state index in [1.807, 2.05) is 24.3 Å². The molecule has 1 aromatic carbocycles. The first-order valence-corrected chi connectivity index (χ1v) is 6.01. The van der Waals surface area contributed by atoms with E-state index in [-0.39, 0.29) is 12.5 Å². The Morgan fingerprint density at radius 1 is 1.41 bits per heavy atom. The van der Waals surface area contributed by atoms with Crippen LogP contribution in [0.15, 0.2) is 24.3 Å². The molecule has 1 saturated heterocycles. The number of carbonyl (C=O) groups is 1. The van der Waals surface area contributed by atoms with Gasteiger partial charge in [-0.25, -0.2) is 0 Å². The molecule has 3 N–H and O–H groups in total. The van der Waals surface area contributed by atoms with E-state index in [0.29, 0.717) is 12.5 Å². The van der Waals surface area contributed by atoms with Gasteiger partial charge in [0, 0.05) is 18.2 Å². The highest BCUT2D eigenvalue weighted by atomic mass is 16.3. The summed E-state index contributed by atoms with van der Waals surface area (Å²) in [5.41, 5.74) is 1.63. The third kappa shape index (κ3) is 3.54. The maximum atomic E-state index is 11.7. The summed E-state index contributed by atoms with van der Waals surface area (Å²) in [6, 6.07) is 7.57. The molecule has 1 heterocycles. The average molecular weight is 234 g/mol. The minimum absolute atomic E-state index is 0.0280. The van der Waals surface area contributed by atoms with Crippen molar-refractivity contribution in [1.29, 1.82) is 0 Å². The summed E-state index contributed by atoms with van der Waals surface area (Å²) >= 11 is 0. The van der Waals surface area contributed by atoms with Gasteiger partial charge in [-0.3, -0.25) is 4.79 Å². The van der Waals surface area contributed by atoms with Crippen LogP contribution in [0.1, 0.15) is 24.8 Å². The molecule has 1 atom stereocenters. The number of amides is 1. The molecule has 1 amide bonds. The predicted octanol–water partition coefficient (Wildman–Crippen LogP) is 1.26. The monoisotopic (exact) mass is 234 g/mol. The first-order chi connectivity index (χ1) is 8.28. The lowest BCUT2D eigenvalue weighted by molar-refractivity contribution is -0.116. The zero-order chi connectivity index (χ0) is 12.1. The third-order valence-electron chi connectivity index (χ3n) is 3.01. The molecule has 0 aliphatic carbocycles. The van der Waals surface area contributed by atoms with E-state index in [9.17, 15) is 4.79 Å². The number of nitrogens with one attached hydrogen (secondary N) is 2. The number of carbonyl (C=O) groups excluding carboxylic acids is 1. The Bertz CT molecular complexity index is 370. The van der Waals surface area contributed by atoms with Crippen molar-refractivity contribution < 1.29 is 9.90 Å². The van der Waals surface area contributed by atoms with Gasteiger partial charge in [-0.1, -0.05) is 12.1 Å². The second-order valence-electron chi connectivity index (χ2n) is 4.40. The van der Waals surface area contributed by atoms with E-state index < -0.39 is 0 Å². The van der Waals surface area contributed by atoms with Gasteiger partial charge in [0.15, 0.2) is 0 Å². The van der Waals surface area contributed by atoms with Gasteiger partial charge in [-0.2, -0.15) is 0 Å². The Labute approximate surface area is 101 Å². The summed E-state index contributed by atoms with van der Waals surface area (Å²) in [5, 5.41) is 15.1. The molecule has 0 spiro atoms. The lowest BCUT2D eigenvalue weighted by Crippen LogP contribution is -2.27. The number of hydrogen-bond acceptors (Lipinski definition) is 3. The van der Waals surface area contributed by atoms with Gasteiger partial charge in [0.1, 0.15) is 0 Å². The van der Waals surface area contributed by atoms with Gasteiger partial charge < -0.3 is 15.7 Å². The van der Waals surface area contributed by atoms with E-state index in [1.54, 1.807) is 0 Å². The Kier molecular flexibility index (Phi) is 4.12. The molecule has 4 nitrogen and oxygen atoms in total. The largest absolute Gasteiger partial charge is 0.392 e. The number of anilines is 1. The molecule has 1 aromatic rings. The molecule has 1 aliphatic heterocycles. The lowest BCUT2D eigenvalue weighted by Gasteiger charge is -2.10. The summed E-state index contributed by atoms with van der Waals surface area (Å²) < 4.78 is 0. The van der Waals surface area contributed by atoms with E-state index >= 15 is 0 Å². The number of aliphatic hydroxyl groups excluding tert-OH is 1. The summed E-state index contributed by atoms with van der Waals surface area (Å²) in [6.45, 7) is 1.05. The van der Waals surface area contributed by atoms with Gasteiger partial charge in [0.25, 0.3) is 0 Å². The van der Waals surface area contributed by atoms with Crippen molar-refractivity contribution in [1.82, 2.24) is 5.32 Å². The number of hydrogen-bond donors (Lipinski definition) is 3. The number of benzene rings is 1. The minimum Gasteiger partial charge on any atom is -0.392 e. The van der Waals surface area contributed by atoms with Crippen LogP contribution in [0.25, 0.3) is 0 Å². The normalized spacial score (nSPS) is 19.2. The summed E-state index contributed by atoms with van der Waals surface area (Å²) in [6.07, 6.45) is 2.77. The summed E-state index contributed by atoms with van der Waals surface area (Å²) in [7, 11) is 0. The maximum absolute atomic E-state index is 11.7. The molecule has 17 heavy (non-hydrogen) atoms. The fourth-order valence-corrected chi connectivity index (χ4v) is 2.06. The second-order valence-corrected chi connectivity index (χ2v) is 4.40. The van der Waals surface area contributed by atoms with Crippen molar-refractivity contribution in [2.45, 2.75) is 31.9 Å². The van der Waals surface area contributed by atoms with Gasteiger partial charge in [-0.15, -0.1) is 0 Å². The van der Waals surface area contributed by atoms with Crippen LogP contribution in [0, 0.1) is 0 Å². The van der Waals surface area contributed by atoms with Crippen molar-refractivity contribution in [3.8, 4) is 0 Å². The molecule has 1 aliphatic rings. The fourth-order valence-electron chi connectivity index (χ4n) is 2.06. The Hall–Kier alpha value is -1.39. The van der Waals surface area contributed by atoms with Crippen LogP contribution in [0.4, 0.5) is 5.69 Å². The molecular weight excluding hydrogens is 216 g/mol. The molecule has 4 heteroatoms. The van der Waals surface area contributed by atoms with Gasteiger partial charge >= 0.3 is 0 Å². The summed E-state index contributed by atoms with van der Waals surface area (Å²) in [4.78, 5) is 11.7. The molecule has 2 rings (SSSR count). The first kappa shape index (κ1) is 12.1. The van der Waals surface area contributed by atoms with Gasteiger partial charge in [0.05, 0.1) is 6.61 Å². The highest BCUT2D eigenvalue weighted by Crippen LogP contribution is 2.12. The van der Waals surface area contributed by atoms with Crippen molar-refractivity contribution in [3.05, 3.63) is 29.8 Å². The molecule has 0 saturated carbocycles. The molecule has 0 radical (unpaired) electrons. The molecule has 1 unspecified atom stereocenters. The Morgan fingerprint density at radius 3 is 2.76 bits per heavy atom. The van der Waals surface area contributed by atoms with Crippen LogP contribution >= 0.6 is 0 Å². The van der Waals surface area contributed by atoms with Crippen molar-refractivity contribution in [3.63, 3.8) is 0 Å². The van der Waals surface area contributed by atoms with Crippen LogP contribution in [0.5, 0.6) is 0 Å². The van der Waals surface area contributed by atoms with Crippen molar-refractivity contribution in [2.75, 3.05) is 11.9 Å². The van der Waals surface area contributed by atoms with E-state index in [0.717, 1.165) is 30.6 Å². The molecule has 1 fully saturated rings. The summed E-state index contributed by atoms with van der Waals surface area (Å²) in [5.74, 6) is 0.0427. The molecule has 0 aromatic heterocycles. The molecular formula is C13H18N2O2. The van der Waals surface area contributed by atoms with Crippen LogP contribution in [-0.4, -0.2) is 23.6 Å². The molecule has 0 bridgehead atoms. The minimum atomic E-state index is 0.0280. The Balaban J connectivity index is 1.84. The SMILES string of the molecule is O=C(CC1CCCN1)Nc1ccc(CO)cc1.